The molecule has 21 heavy (non-hydrogen) atoms. The van der Waals surface area contributed by atoms with E-state index >= 15 is 0 Å². The van der Waals surface area contributed by atoms with Crippen LogP contribution in [-0.4, -0.2) is 9.13 Å². The zero-order valence-corrected chi connectivity index (χ0v) is 12.7. The smallest absolute Gasteiger partial charge is 0.330 e. The van der Waals surface area contributed by atoms with Crippen LogP contribution in [0.2, 0.25) is 0 Å². The Hall–Kier alpha value is -2.30. The van der Waals surface area contributed by atoms with Crippen LogP contribution in [0.3, 0.4) is 0 Å². The van der Waals surface area contributed by atoms with Crippen molar-refractivity contribution < 1.29 is 0 Å². The lowest BCUT2D eigenvalue weighted by Crippen LogP contribution is -2.38. The maximum Gasteiger partial charge on any atom is 0.330 e. The van der Waals surface area contributed by atoms with E-state index < -0.39 is 0 Å². The van der Waals surface area contributed by atoms with Gasteiger partial charge in [0, 0.05) is 31.5 Å². The highest BCUT2D eigenvalue weighted by Crippen LogP contribution is 2.11. The lowest BCUT2D eigenvalue weighted by atomic mass is 10.1. The molecule has 0 aliphatic heterocycles. The van der Waals surface area contributed by atoms with Crippen LogP contribution in [0.1, 0.15) is 24.6 Å². The molecule has 0 fully saturated rings. The minimum Gasteiger partial charge on any atom is -0.379 e. The molecular formula is C16H21N3O2. The first-order chi connectivity index (χ1) is 10.0. The van der Waals surface area contributed by atoms with Crippen molar-refractivity contribution >= 4 is 5.69 Å². The second-order valence-corrected chi connectivity index (χ2v) is 5.17. The number of benzene rings is 1. The molecular weight excluding hydrogens is 266 g/mol. The number of anilines is 1. The molecule has 5 nitrogen and oxygen atoms in total. The van der Waals surface area contributed by atoms with Gasteiger partial charge in [-0.05, 0) is 24.1 Å². The van der Waals surface area contributed by atoms with Crippen molar-refractivity contribution in [3.05, 3.63) is 62.4 Å². The third-order valence-electron chi connectivity index (χ3n) is 3.59. The van der Waals surface area contributed by atoms with E-state index in [4.69, 9.17) is 0 Å². The number of aromatic nitrogens is 2. The number of nitrogens with one attached hydrogen (secondary N) is 1. The quantitative estimate of drug-likeness (QED) is 0.909. The molecule has 0 saturated heterocycles. The zero-order valence-electron chi connectivity index (χ0n) is 12.7. The summed E-state index contributed by atoms with van der Waals surface area (Å²) in [5.41, 5.74) is 2.36. The molecule has 0 aliphatic rings. The highest BCUT2D eigenvalue weighted by Gasteiger charge is 2.05. The predicted molar refractivity (Wildman–Crippen MR) is 84.7 cm³/mol. The summed E-state index contributed by atoms with van der Waals surface area (Å²) >= 11 is 0. The number of hydrogen-bond acceptors (Lipinski definition) is 3. The second kappa shape index (κ2) is 6.43. The molecule has 5 heteroatoms. The summed E-state index contributed by atoms with van der Waals surface area (Å²) in [5, 5.41) is 3.24. The summed E-state index contributed by atoms with van der Waals surface area (Å²) in [4.78, 5) is 23.5. The Morgan fingerprint density at radius 3 is 2.33 bits per heavy atom. The molecule has 0 amide bonds. The molecule has 1 aromatic carbocycles. The van der Waals surface area contributed by atoms with E-state index in [9.17, 15) is 9.59 Å². The second-order valence-electron chi connectivity index (χ2n) is 5.17. The van der Waals surface area contributed by atoms with Crippen molar-refractivity contribution in [2.45, 2.75) is 26.3 Å². The molecule has 1 heterocycles. The summed E-state index contributed by atoms with van der Waals surface area (Å²) in [5.74, 6) is 0. The third kappa shape index (κ3) is 3.42. The fraction of sp³-hybridized carbons (Fsp3) is 0.375. The standard InChI is InChI=1S/C16H21N3O2/c1-4-5-12-6-8-13(9-7-12)17-11-14-10-15(20)19(3)16(21)18(14)2/h6-10,17H,4-5,11H2,1-3H3. The van der Waals surface area contributed by atoms with Gasteiger partial charge in [-0.1, -0.05) is 25.5 Å². The van der Waals surface area contributed by atoms with Crippen LogP contribution < -0.4 is 16.6 Å². The van der Waals surface area contributed by atoms with Gasteiger partial charge in [-0.15, -0.1) is 0 Å². The van der Waals surface area contributed by atoms with Crippen LogP contribution in [0.15, 0.2) is 39.9 Å². The van der Waals surface area contributed by atoms with Gasteiger partial charge in [-0.2, -0.15) is 0 Å². The molecule has 0 atom stereocenters. The maximum atomic E-state index is 11.8. The van der Waals surface area contributed by atoms with E-state index in [1.165, 1.54) is 23.2 Å². The first kappa shape index (κ1) is 15.1. The van der Waals surface area contributed by atoms with Crippen LogP contribution in [0, 0.1) is 0 Å². The van der Waals surface area contributed by atoms with Gasteiger partial charge in [-0.25, -0.2) is 4.79 Å². The van der Waals surface area contributed by atoms with Gasteiger partial charge >= 0.3 is 5.69 Å². The average Bonchev–Trinajstić information content (AvgIpc) is 2.49. The number of nitrogens with zero attached hydrogens (tertiary/aromatic N) is 2. The van der Waals surface area contributed by atoms with Crippen molar-refractivity contribution in [3.63, 3.8) is 0 Å². The maximum absolute atomic E-state index is 11.8. The Balaban J connectivity index is 2.13. The Labute approximate surface area is 123 Å². The van der Waals surface area contributed by atoms with Gasteiger partial charge in [0.25, 0.3) is 5.56 Å². The van der Waals surface area contributed by atoms with E-state index in [0.717, 1.165) is 23.1 Å². The van der Waals surface area contributed by atoms with Crippen LogP contribution in [0.25, 0.3) is 0 Å². The van der Waals surface area contributed by atoms with E-state index in [1.807, 2.05) is 12.1 Å². The highest BCUT2D eigenvalue weighted by atomic mass is 16.2. The molecule has 1 N–H and O–H groups in total. The van der Waals surface area contributed by atoms with Crippen molar-refractivity contribution in [1.82, 2.24) is 9.13 Å². The van der Waals surface area contributed by atoms with Gasteiger partial charge in [0.05, 0.1) is 6.54 Å². The van der Waals surface area contributed by atoms with Crippen molar-refractivity contribution in [2.75, 3.05) is 5.32 Å². The third-order valence-corrected chi connectivity index (χ3v) is 3.59. The first-order valence-corrected chi connectivity index (χ1v) is 7.11. The molecule has 0 unspecified atom stereocenters. The van der Waals surface area contributed by atoms with Gasteiger partial charge in [0.1, 0.15) is 0 Å². The average molecular weight is 287 g/mol. The molecule has 2 rings (SSSR count). The molecule has 0 aliphatic carbocycles. The normalized spacial score (nSPS) is 10.6. The number of aryl methyl sites for hydroxylation is 1. The lowest BCUT2D eigenvalue weighted by Gasteiger charge is -2.11. The van der Waals surface area contributed by atoms with Crippen molar-refractivity contribution in [2.24, 2.45) is 14.1 Å². The summed E-state index contributed by atoms with van der Waals surface area (Å²) in [6.07, 6.45) is 2.20. The number of hydrogen-bond donors (Lipinski definition) is 1. The van der Waals surface area contributed by atoms with Crippen LogP contribution >= 0.6 is 0 Å². The monoisotopic (exact) mass is 287 g/mol. The summed E-state index contributed by atoms with van der Waals surface area (Å²) in [6, 6.07) is 9.71. The Bertz CT molecular complexity index is 727. The molecule has 0 radical (unpaired) electrons. The largest absolute Gasteiger partial charge is 0.379 e. The van der Waals surface area contributed by atoms with Crippen LogP contribution in [-0.2, 0) is 27.1 Å². The Morgan fingerprint density at radius 1 is 1.05 bits per heavy atom. The molecule has 0 saturated carbocycles. The lowest BCUT2D eigenvalue weighted by molar-refractivity contribution is 0.655. The molecule has 0 spiro atoms. The van der Waals surface area contributed by atoms with Gasteiger partial charge in [-0.3, -0.25) is 13.9 Å². The molecule has 0 bridgehead atoms. The SMILES string of the molecule is CCCc1ccc(NCc2cc(=O)n(C)c(=O)n2C)cc1. The Kier molecular flexibility index (Phi) is 4.62. The van der Waals surface area contributed by atoms with Crippen LogP contribution in [0.5, 0.6) is 0 Å². The van der Waals surface area contributed by atoms with Crippen molar-refractivity contribution in [1.29, 1.82) is 0 Å². The van der Waals surface area contributed by atoms with E-state index in [1.54, 1.807) is 7.05 Å². The summed E-state index contributed by atoms with van der Waals surface area (Å²) in [7, 11) is 3.15. The predicted octanol–water partition coefficient (Wildman–Crippen LogP) is 1.65. The molecule has 112 valence electrons. The fourth-order valence-electron chi connectivity index (χ4n) is 2.22. The summed E-state index contributed by atoms with van der Waals surface area (Å²) < 4.78 is 2.59. The minimum atomic E-state index is -0.308. The number of rotatable bonds is 5. The molecule has 2 aromatic rings. The van der Waals surface area contributed by atoms with Crippen molar-refractivity contribution in [3.8, 4) is 0 Å². The van der Waals surface area contributed by atoms with Crippen LogP contribution in [0.4, 0.5) is 5.69 Å². The van der Waals surface area contributed by atoms with Gasteiger partial charge in [0.2, 0.25) is 0 Å². The van der Waals surface area contributed by atoms with Gasteiger partial charge in [0.15, 0.2) is 0 Å². The van der Waals surface area contributed by atoms with E-state index in [0.29, 0.717) is 12.2 Å². The molecule has 1 aromatic heterocycles. The fourth-order valence-corrected chi connectivity index (χ4v) is 2.22. The van der Waals surface area contributed by atoms with E-state index in [2.05, 4.69) is 24.4 Å². The van der Waals surface area contributed by atoms with E-state index in [-0.39, 0.29) is 11.2 Å². The summed E-state index contributed by atoms with van der Waals surface area (Å²) in [6.45, 7) is 2.59. The topological polar surface area (TPSA) is 56.0 Å². The first-order valence-electron chi connectivity index (χ1n) is 7.11. The Morgan fingerprint density at radius 2 is 1.71 bits per heavy atom. The van der Waals surface area contributed by atoms with Gasteiger partial charge < -0.3 is 5.32 Å². The highest BCUT2D eigenvalue weighted by molar-refractivity contribution is 5.44. The zero-order chi connectivity index (χ0) is 15.4. The minimum absolute atomic E-state index is 0.284.